The lowest BCUT2D eigenvalue weighted by Crippen LogP contribution is -2.12. The molecule has 0 amide bonds. The summed E-state index contributed by atoms with van der Waals surface area (Å²) in [6, 6.07) is 1.86. The minimum Gasteiger partial charge on any atom is -0.294 e. The molecule has 0 fully saturated rings. The number of hydrogen-bond acceptors (Lipinski definition) is 1. The lowest BCUT2D eigenvalue weighted by atomic mass is 10.0. The average molecular weight is 219 g/mol. The van der Waals surface area contributed by atoms with Gasteiger partial charge in [-0.3, -0.25) is 4.79 Å². The molecular weight excluding hydrogens is 210 g/mol. The molecule has 0 N–H and O–H groups in total. The predicted octanol–water partition coefficient (Wildman–Crippen LogP) is 3.46. The fourth-order valence-electron chi connectivity index (χ4n) is 1.07. The first kappa shape index (κ1) is 11.1. The van der Waals surface area contributed by atoms with Crippen molar-refractivity contribution in [3.63, 3.8) is 0 Å². The Morgan fingerprint density at radius 2 is 1.71 bits per heavy atom. The lowest BCUT2D eigenvalue weighted by molar-refractivity contribution is 0.0931. The van der Waals surface area contributed by atoms with Crippen LogP contribution in [0.3, 0.4) is 0 Å². The summed E-state index contributed by atoms with van der Waals surface area (Å²) >= 11 is 5.42. The maximum absolute atomic E-state index is 13.2. The largest absolute Gasteiger partial charge is 0.294 e. The van der Waals surface area contributed by atoms with Crippen LogP contribution in [0.1, 0.15) is 24.2 Å². The summed E-state index contributed by atoms with van der Waals surface area (Å²) in [4.78, 5) is 11.4. The highest BCUT2D eigenvalue weighted by Crippen LogP contribution is 2.21. The van der Waals surface area contributed by atoms with Crippen molar-refractivity contribution in [3.05, 3.63) is 34.4 Å². The van der Waals surface area contributed by atoms with Crippen molar-refractivity contribution in [3.8, 4) is 0 Å². The van der Waals surface area contributed by atoms with Crippen LogP contribution in [-0.4, -0.2) is 5.78 Å². The quantitative estimate of drug-likeness (QED) is 0.695. The molecule has 0 aliphatic carbocycles. The molecule has 0 bridgehead atoms. The van der Waals surface area contributed by atoms with Crippen molar-refractivity contribution in [2.24, 2.45) is 5.92 Å². The summed E-state index contributed by atoms with van der Waals surface area (Å²) < 4.78 is 26.4. The first-order chi connectivity index (χ1) is 6.43. The highest BCUT2D eigenvalue weighted by Gasteiger charge is 2.20. The van der Waals surface area contributed by atoms with Crippen molar-refractivity contribution in [1.82, 2.24) is 0 Å². The monoisotopic (exact) mass is 218 g/mol. The van der Waals surface area contributed by atoms with E-state index in [2.05, 4.69) is 0 Å². The van der Waals surface area contributed by atoms with Gasteiger partial charge in [0.25, 0.3) is 0 Å². The first-order valence-corrected chi connectivity index (χ1v) is 4.50. The number of carbonyl (C=O) groups excluding carboxylic acids is 1. The zero-order valence-corrected chi connectivity index (χ0v) is 8.53. The Hall–Kier alpha value is -0.960. The molecule has 1 nitrogen and oxygen atoms in total. The van der Waals surface area contributed by atoms with E-state index in [4.69, 9.17) is 11.6 Å². The van der Waals surface area contributed by atoms with Crippen molar-refractivity contribution < 1.29 is 13.6 Å². The fourth-order valence-corrected chi connectivity index (χ4v) is 1.26. The Kier molecular flexibility index (Phi) is 3.21. The van der Waals surface area contributed by atoms with Crippen molar-refractivity contribution in [2.75, 3.05) is 0 Å². The Bertz CT molecular complexity index is 351. The normalized spacial score (nSPS) is 10.7. The van der Waals surface area contributed by atoms with Gasteiger partial charge in [-0.15, -0.1) is 0 Å². The predicted molar refractivity (Wildman–Crippen MR) is 50.5 cm³/mol. The second kappa shape index (κ2) is 4.05. The number of halogens is 3. The maximum Gasteiger partial charge on any atom is 0.171 e. The highest BCUT2D eigenvalue weighted by molar-refractivity contribution is 6.30. The van der Waals surface area contributed by atoms with Gasteiger partial charge >= 0.3 is 0 Å². The second-order valence-corrected chi connectivity index (χ2v) is 3.70. The zero-order valence-electron chi connectivity index (χ0n) is 7.77. The van der Waals surface area contributed by atoms with Crippen LogP contribution in [0.4, 0.5) is 8.78 Å². The van der Waals surface area contributed by atoms with Gasteiger partial charge in [0.2, 0.25) is 0 Å². The summed E-state index contributed by atoms with van der Waals surface area (Å²) in [5.74, 6) is -2.82. The molecule has 0 saturated carbocycles. The molecule has 0 aliphatic heterocycles. The van der Waals surface area contributed by atoms with Crippen LogP contribution in [0.15, 0.2) is 12.1 Å². The molecular formula is C10H9ClF2O. The van der Waals surface area contributed by atoms with Gasteiger partial charge < -0.3 is 0 Å². The molecule has 14 heavy (non-hydrogen) atoms. The Balaban J connectivity index is 3.28. The van der Waals surface area contributed by atoms with E-state index in [0.29, 0.717) is 0 Å². The first-order valence-electron chi connectivity index (χ1n) is 4.12. The van der Waals surface area contributed by atoms with Crippen molar-refractivity contribution >= 4 is 17.4 Å². The number of benzene rings is 1. The van der Waals surface area contributed by atoms with Gasteiger partial charge in [0.15, 0.2) is 5.78 Å². The molecule has 0 saturated heterocycles. The number of rotatable bonds is 2. The molecule has 1 aromatic carbocycles. The summed E-state index contributed by atoms with van der Waals surface area (Å²) in [7, 11) is 0. The van der Waals surface area contributed by atoms with E-state index in [9.17, 15) is 13.6 Å². The maximum atomic E-state index is 13.2. The molecule has 0 aromatic heterocycles. The Morgan fingerprint density at radius 1 is 1.29 bits per heavy atom. The summed E-state index contributed by atoms with van der Waals surface area (Å²) in [6.45, 7) is 3.16. The third-order valence-electron chi connectivity index (χ3n) is 1.78. The Morgan fingerprint density at radius 3 is 2.07 bits per heavy atom. The summed E-state index contributed by atoms with van der Waals surface area (Å²) in [5, 5.41) is -0.0553. The molecule has 0 heterocycles. The number of carbonyl (C=O) groups is 1. The van der Waals surface area contributed by atoms with E-state index < -0.39 is 28.9 Å². The molecule has 0 spiro atoms. The van der Waals surface area contributed by atoms with E-state index in [1.165, 1.54) is 0 Å². The number of ketones is 1. The van der Waals surface area contributed by atoms with Crippen LogP contribution < -0.4 is 0 Å². The van der Waals surface area contributed by atoms with Crippen LogP contribution >= 0.6 is 11.6 Å². The number of Topliss-reactive ketones (excluding diaryl/α,β-unsaturated/α-hetero) is 1. The lowest BCUT2D eigenvalue weighted by Gasteiger charge is -2.06. The standard InChI is InChI=1S/C10H9ClF2O/c1-5(2)10(14)9-7(12)3-6(11)4-8(9)13/h3-5H,1-2H3. The van der Waals surface area contributed by atoms with Crippen LogP contribution in [-0.2, 0) is 0 Å². The molecule has 76 valence electrons. The molecule has 4 heteroatoms. The van der Waals surface area contributed by atoms with Gasteiger partial charge in [0, 0.05) is 10.9 Å². The number of hydrogen-bond donors (Lipinski definition) is 0. The van der Waals surface area contributed by atoms with Gasteiger partial charge in [-0.2, -0.15) is 0 Å². The molecule has 0 aliphatic rings. The highest BCUT2D eigenvalue weighted by atomic mass is 35.5. The van der Waals surface area contributed by atoms with E-state index >= 15 is 0 Å². The third-order valence-corrected chi connectivity index (χ3v) is 2.00. The summed E-state index contributed by atoms with van der Waals surface area (Å²) in [6.07, 6.45) is 0. The van der Waals surface area contributed by atoms with E-state index in [0.717, 1.165) is 12.1 Å². The second-order valence-electron chi connectivity index (χ2n) is 3.26. The topological polar surface area (TPSA) is 17.1 Å². The van der Waals surface area contributed by atoms with Crippen molar-refractivity contribution in [1.29, 1.82) is 0 Å². The minimum absolute atomic E-state index is 0.0553. The van der Waals surface area contributed by atoms with Crippen molar-refractivity contribution in [2.45, 2.75) is 13.8 Å². The van der Waals surface area contributed by atoms with Crippen LogP contribution in [0, 0.1) is 17.6 Å². The third kappa shape index (κ3) is 2.10. The SMILES string of the molecule is CC(C)C(=O)c1c(F)cc(Cl)cc1F. The van der Waals surface area contributed by atoms with Crippen LogP contribution in [0.5, 0.6) is 0 Å². The Labute approximate surface area is 85.7 Å². The van der Waals surface area contributed by atoms with Crippen LogP contribution in [0.2, 0.25) is 5.02 Å². The molecule has 1 rings (SSSR count). The van der Waals surface area contributed by atoms with Gasteiger partial charge in [0.05, 0.1) is 5.56 Å². The van der Waals surface area contributed by atoms with E-state index in [-0.39, 0.29) is 5.02 Å². The van der Waals surface area contributed by atoms with Gasteiger partial charge in [-0.05, 0) is 12.1 Å². The van der Waals surface area contributed by atoms with Crippen LogP contribution in [0.25, 0.3) is 0 Å². The van der Waals surface area contributed by atoms with E-state index in [1.54, 1.807) is 13.8 Å². The summed E-state index contributed by atoms with van der Waals surface area (Å²) in [5.41, 5.74) is -0.510. The fraction of sp³-hybridized carbons (Fsp3) is 0.300. The molecule has 1 aromatic rings. The smallest absolute Gasteiger partial charge is 0.171 e. The van der Waals surface area contributed by atoms with Gasteiger partial charge in [-0.1, -0.05) is 25.4 Å². The van der Waals surface area contributed by atoms with Gasteiger partial charge in [-0.25, -0.2) is 8.78 Å². The van der Waals surface area contributed by atoms with Gasteiger partial charge in [0.1, 0.15) is 11.6 Å². The molecule has 0 atom stereocenters. The molecule has 0 unspecified atom stereocenters. The minimum atomic E-state index is -0.909. The van der Waals surface area contributed by atoms with E-state index in [1.807, 2.05) is 0 Å². The average Bonchev–Trinajstić information content (AvgIpc) is 2.01. The zero-order chi connectivity index (χ0) is 10.9. The molecule has 0 radical (unpaired) electrons.